The van der Waals surface area contributed by atoms with E-state index in [0.717, 1.165) is 11.1 Å². The van der Waals surface area contributed by atoms with Crippen molar-refractivity contribution < 1.29 is 10.2 Å². The zero-order valence-electron chi connectivity index (χ0n) is 8.48. The van der Waals surface area contributed by atoms with E-state index in [2.05, 4.69) is 20.5 Å². The number of tetrazole rings is 1. The minimum Gasteiger partial charge on any atom is -0.396 e. The average Bonchev–Trinajstić information content (AvgIpc) is 2.83. The maximum atomic E-state index is 9.20. The molecule has 0 fully saturated rings. The lowest BCUT2D eigenvalue weighted by molar-refractivity contribution is 0.275. The quantitative estimate of drug-likeness (QED) is 0.693. The van der Waals surface area contributed by atoms with Crippen molar-refractivity contribution in [3.63, 3.8) is 0 Å². The second-order valence-electron chi connectivity index (χ2n) is 3.20. The van der Waals surface area contributed by atoms with E-state index in [1.807, 2.05) is 0 Å². The smallest absolute Gasteiger partial charge is 0.157 e. The van der Waals surface area contributed by atoms with Gasteiger partial charge >= 0.3 is 0 Å². The minimum atomic E-state index is -0.104. The molecule has 7 heteroatoms. The molecule has 0 radical (unpaired) electrons. The highest BCUT2D eigenvalue weighted by Gasteiger charge is 2.06. The summed E-state index contributed by atoms with van der Waals surface area (Å²) in [5, 5.41) is 28.7. The largest absolute Gasteiger partial charge is 0.396 e. The van der Waals surface area contributed by atoms with Crippen molar-refractivity contribution in [1.29, 1.82) is 0 Å². The molecule has 84 valence electrons. The lowest BCUT2D eigenvalue weighted by Gasteiger charge is -2.07. The summed E-state index contributed by atoms with van der Waals surface area (Å²) in [5.74, 6) is 0.538. The Hall–Kier alpha value is -1.86. The predicted molar refractivity (Wildman–Crippen MR) is 53.7 cm³/mol. The molecule has 0 bridgehead atoms. The molecule has 0 unspecified atom stereocenters. The van der Waals surface area contributed by atoms with Crippen molar-refractivity contribution in [2.45, 2.75) is 13.0 Å². The summed E-state index contributed by atoms with van der Waals surface area (Å²) in [7, 11) is 0. The van der Waals surface area contributed by atoms with Gasteiger partial charge in [-0.05, 0) is 34.0 Å². The van der Waals surface area contributed by atoms with Crippen LogP contribution in [0.25, 0.3) is 5.82 Å². The van der Waals surface area contributed by atoms with Crippen LogP contribution in [0.5, 0.6) is 0 Å². The van der Waals surface area contributed by atoms with Gasteiger partial charge in [0, 0.05) is 12.8 Å². The van der Waals surface area contributed by atoms with Crippen LogP contribution >= 0.6 is 0 Å². The molecule has 2 aromatic rings. The van der Waals surface area contributed by atoms with Crippen molar-refractivity contribution in [3.05, 3.63) is 29.7 Å². The van der Waals surface area contributed by atoms with Gasteiger partial charge in [-0.2, -0.15) is 4.68 Å². The number of hydrogen-bond acceptors (Lipinski definition) is 6. The molecule has 7 nitrogen and oxygen atoms in total. The zero-order chi connectivity index (χ0) is 11.4. The van der Waals surface area contributed by atoms with Gasteiger partial charge in [0.05, 0.1) is 6.61 Å². The molecule has 0 saturated carbocycles. The molecule has 0 aliphatic heterocycles. The van der Waals surface area contributed by atoms with Crippen LogP contribution in [0.2, 0.25) is 0 Å². The van der Waals surface area contributed by atoms with Gasteiger partial charge in [0.25, 0.3) is 0 Å². The number of nitrogens with zero attached hydrogens (tertiary/aromatic N) is 5. The molecule has 16 heavy (non-hydrogen) atoms. The molecule has 0 spiro atoms. The summed E-state index contributed by atoms with van der Waals surface area (Å²) in [6, 6.07) is 1.70. The van der Waals surface area contributed by atoms with Crippen LogP contribution in [0, 0.1) is 0 Å². The molecule has 2 aromatic heterocycles. The highest BCUT2D eigenvalue weighted by atomic mass is 16.3. The third-order valence-electron chi connectivity index (χ3n) is 2.20. The Kier molecular flexibility index (Phi) is 3.18. The fourth-order valence-electron chi connectivity index (χ4n) is 1.40. The van der Waals surface area contributed by atoms with E-state index in [1.165, 1.54) is 11.0 Å². The third kappa shape index (κ3) is 2.05. The third-order valence-corrected chi connectivity index (χ3v) is 2.20. The molecule has 2 heterocycles. The summed E-state index contributed by atoms with van der Waals surface area (Å²) in [6.07, 6.45) is 3.51. The van der Waals surface area contributed by atoms with Crippen LogP contribution in [0.4, 0.5) is 0 Å². The van der Waals surface area contributed by atoms with Gasteiger partial charge < -0.3 is 10.2 Å². The maximum absolute atomic E-state index is 9.20. The Morgan fingerprint density at radius 1 is 1.25 bits per heavy atom. The van der Waals surface area contributed by atoms with Crippen LogP contribution in [-0.2, 0) is 13.0 Å². The van der Waals surface area contributed by atoms with Gasteiger partial charge in [0.2, 0.25) is 0 Å². The molecule has 0 atom stereocenters. The van der Waals surface area contributed by atoms with E-state index in [0.29, 0.717) is 12.2 Å². The maximum Gasteiger partial charge on any atom is 0.157 e. The highest BCUT2D eigenvalue weighted by molar-refractivity contribution is 5.32. The van der Waals surface area contributed by atoms with E-state index in [9.17, 15) is 5.11 Å². The normalized spacial score (nSPS) is 10.6. The molecule has 0 aliphatic carbocycles. The fraction of sp³-hybridized carbons (Fsp3) is 0.333. The van der Waals surface area contributed by atoms with Crippen LogP contribution in [0.15, 0.2) is 18.6 Å². The molecule has 0 aliphatic rings. The number of rotatable bonds is 4. The highest BCUT2D eigenvalue weighted by Crippen LogP contribution is 2.12. The van der Waals surface area contributed by atoms with Crippen molar-refractivity contribution in [3.8, 4) is 5.82 Å². The first-order valence-corrected chi connectivity index (χ1v) is 4.78. The Balaban J connectivity index is 2.36. The van der Waals surface area contributed by atoms with Crippen molar-refractivity contribution >= 4 is 0 Å². The van der Waals surface area contributed by atoms with Crippen LogP contribution in [-0.4, -0.2) is 42.0 Å². The van der Waals surface area contributed by atoms with E-state index in [4.69, 9.17) is 5.11 Å². The summed E-state index contributed by atoms with van der Waals surface area (Å²) >= 11 is 0. The van der Waals surface area contributed by atoms with Gasteiger partial charge in [-0.15, -0.1) is 5.10 Å². The molecule has 0 saturated heterocycles. The Labute approximate surface area is 91.4 Å². The van der Waals surface area contributed by atoms with Crippen LogP contribution < -0.4 is 0 Å². The summed E-state index contributed by atoms with van der Waals surface area (Å²) in [5.41, 5.74) is 1.54. The monoisotopic (exact) mass is 221 g/mol. The second-order valence-corrected chi connectivity index (χ2v) is 3.20. The Morgan fingerprint density at radius 2 is 2.12 bits per heavy atom. The van der Waals surface area contributed by atoms with Gasteiger partial charge in [-0.3, -0.25) is 0 Å². The molecule has 0 aromatic carbocycles. The Bertz CT molecular complexity index is 457. The molecular weight excluding hydrogens is 210 g/mol. The molecule has 0 amide bonds. The Morgan fingerprint density at radius 3 is 2.75 bits per heavy atom. The average molecular weight is 221 g/mol. The number of aromatic nitrogens is 5. The number of aliphatic hydroxyl groups is 2. The first-order valence-electron chi connectivity index (χ1n) is 4.78. The van der Waals surface area contributed by atoms with E-state index >= 15 is 0 Å². The number of aliphatic hydroxyl groups excluding tert-OH is 2. The fourth-order valence-corrected chi connectivity index (χ4v) is 1.40. The summed E-state index contributed by atoms with van der Waals surface area (Å²) < 4.78 is 1.40. The molecule has 2 rings (SSSR count). The van der Waals surface area contributed by atoms with Crippen LogP contribution in [0.3, 0.4) is 0 Å². The summed E-state index contributed by atoms with van der Waals surface area (Å²) in [6.45, 7) is -0.0775. The van der Waals surface area contributed by atoms with Crippen LogP contribution in [0.1, 0.15) is 11.1 Å². The SMILES string of the molecule is OCCc1cnc(-n2cnnn2)cc1CO. The van der Waals surface area contributed by atoms with Gasteiger partial charge in [-0.1, -0.05) is 0 Å². The zero-order valence-corrected chi connectivity index (χ0v) is 8.48. The van der Waals surface area contributed by atoms with E-state index in [1.54, 1.807) is 12.3 Å². The van der Waals surface area contributed by atoms with E-state index in [-0.39, 0.29) is 13.2 Å². The van der Waals surface area contributed by atoms with Gasteiger partial charge in [0.1, 0.15) is 6.33 Å². The second kappa shape index (κ2) is 4.77. The topological polar surface area (TPSA) is 97.0 Å². The standard InChI is InChI=1S/C9H11N5O2/c15-2-1-7-4-10-9(3-8(7)5-16)14-6-11-12-13-14/h3-4,6,15-16H,1-2,5H2. The lowest BCUT2D eigenvalue weighted by atomic mass is 10.1. The van der Waals surface area contributed by atoms with E-state index < -0.39 is 0 Å². The van der Waals surface area contributed by atoms with Crippen molar-refractivity contribution in [2.24, 2.45) is 0 Å². The predicted octanol–water partition coefficient (Wildman–Crippen LogP) is -0.916. The number of hydrogen-bond donors (Lipinski definition) is 2. The first-order chi connectivity index (χ1) is 7.85. The molecular formula is C9H11N5O2. The minimum absolute atomic E-state index is 0.0267. The number of pyridine rings is 1. The van der Waals surface area contributed by atoms with Gasteiger partial charge in [-0.25, -0.2) is 4.98 Å². The molecule has 2 N–H and O–H groups in total. The first kappa shape index (κ1) is 10.7. The summed E-state index contributed by atoms with van der Waals surface area (Å²) in [4.78, 5) is 4.15. The van der Waals surface area contributed by atoms with Crippen molar-refractivity contribution in [1.82, 2.24) is 25.2 Å². The van der Waals surface area contributed by atoms with Crippen molar-refractivity contribution in [2.75, 3.05) is 6.61 Å². The lowest BCUT2D eigenvalue weighted by Crippen LogP contribution is -2.04. The van der Waals surface area contributed by atoms with Gasteiger partial charge in [0.15, 0.2) is 5.82 Å².